The van der Waals surface area contributed by atoms with E-state index in [1.807, 2.05) is 5.30 Å². The molecular weight excluding hydrogens is 369 g/mol. The van der Waals surface area contributed by atoms with Gasteiger partial charge in [0.15, 0.2) is 0 Å². The van der Waals surface area contributed by atoms with Crippen LogP contribution in [0.4, 0.5) is 0 Å². The molecular formula is C27H40NP. The molecule has 5 rings (SSSR count). The van der Waals surface area contributed by atoms with Crippen LogP contribution in [0, 0.1) is 0 Å². The Morgan fingerprint density at radius 2 is 1.21 bits per heavy atom. The summed E-state index contributed by atoms with van der Waals surface area (Å²) in [6, 6.07) is 9.46. The number of aryl methyl sites for hydroxylation is 1. The molecule has 3 aliphatic rings. The molecule has 2 heteroatoms. The van der Waals surface area contributed by atoms with Crippen molar-refractivity contribution >= 4 is 24.1 Å². The summed E-state index contributed by atoms with van der Waals surface area (Å²) in [5, 5.41) is 3.53. The summed E-state index contributed by atoms with van der Waals surface area (Å²) >= 11 is 0. The minimum absolute atomic E-state index is 0.0375. The third kappa shape index (κ3) is 3.94. The smallest absolute Gasteiger partial charge is 0.0486 e. The van der Waals surface area contributed by atoms with Crippen LogP contribution in [0.5, 0.6) is 0 Å². The molecule has 3 saturated carbocycles. The molecule has 0 bridgehead atoms. The first-order chi connectivity index (χ1) is 14.3. The van der Waals surface area contributed by atoms with Crippen LogP contribution < -0.4 is 5.30 Å². The van der Waals surface area contributed by atoms with Crippen LogP contribution in [0.2, 0.25) is 0 Å². The highest BCUT2D eigenvalue weighted by atomic mass is 31.1. The number of fused-ring (bicyclic) bond motifs is 1. The average Bonchev–Trinajstić information content (AvgIpc) is 3.09. The minimum Gasteiger partial charge on any atom is -0.347 e. The first-order valence-electron chi connectivity index (χ1n) is 12.7. The maximum absolute atomic E-state index is 2.65. The van der Waals surface area contributed by atoms with E-state index in [1.54, 1.807) is 11.1 Å². The summed E-state index contributed by atoms with van der Waals surface area (Å²) in [7, 11) is 2.36. The van der Waals surface area contributed by atoms with Gasteiger partial charge in [0.05, 0.1) is 0 Å². The van der Waals surface area contributed by atoms with E-state index in [0.29, 0.717) is 0 Å². The fourth-order valence-corrected chi connectivity index (χ4v) is 11.1. The lowest BCUT2D eigenvalue weighted by molar-refractivity contribution is 0.431. The van der Waals surface area contributed by atoms with Crippen molar-refractivity contribution in [2.24, 2.45) is 7.05 Å². The SMILES string of the molecule is Cn1c(C2CCCCC2)c(P(C2CCCCC2)C2CCCCC2)c2ccccc21. The fraction of sp³-hybridized carbons (Fsp3) is 0.704. The molecule has 0 N–H and O–H groups in total. The number of rotatable bonds is 4. The molecule has 3 fully saturated rings. The lowest BCUT2D eigenvalue weighted by atomic mass is 9.87. The Morgan fingerprint density at radius 1 is 0.690 bits per heavy atom. The summed E-state index contributed by atoms with van der Waals surface area (Å²) in [4.78, 5) is 0. The van der Waals surface area contributed by atoms with E-state index in [0.717, 1.165) is 17.2 Å². The van der Waals surface area contributed by atoms with Gasteiger partial charge in [-0.3, -0.25) is 0 Å². The largest absolute Gasteiger partial charge is 0.347 e. The van der Waals surface area contributed by atoms with E-state index in [1.165, 1.54) is 102 Å². The van der Waals surface area contributed by atoms with Crippen molar-refractivity contribution in [3.05, 3.63) is 30.0 Å². The van der Waals surface area contributed by atoms with E-state index in [2.05, 4.69) is 35.9 Å². The van der Waals surface area contributed by atoms with Crippen molar-refractivity contribution in [2.45, 2.75) is 114 Å². The zero-order chi connectivity index (χ0) is 19.6. The Balaban J connectivity index is 1.66. The minimum atomic E-state index is -0.0375. The molecule has 1 heterocycles. The maximum atomic E-state index is 2.65. The third-order valence-corrected chi connectivity index (χ3v) is 11.9. The highest BCUT2D eigenvalue weighted by Crippen LogP contribution is 2.57. The Bertz CT molecular complexity index is 785. The molecule has 2 aromatic rings. The molecule has 0 aliphatic heterocycles. The third-order valence-electron chi connectivity index (χ3n) is 8.31. The Labute approximate surface area is 179 Å². The van der Waals surface area contributed by atoms with Gasteiger partial charge in [-0.15, -0.1) is 0 Å². The number of hydrogen-bond acceptors (Lipinski definition) is 0. The van der Waals surface area contributed by atoms with Gasteiger partial charge in [0.2, 0.25) is 0 Å². The van der Waals surface area contributed by atoms with Crippen molar-refractivity contribution in [2.75, 3.05) is 0 Å². The summed E-state index contributed by atoms with van der Waals surface area (Å²) in [5.74, 6) is 0.813. The highest BCUT2D eigenvalue weighted by Gasteiger charge is 2.37. The molecule has 1 aromatic carbocycles. The van der Waals surface area contributed by atoms with Crippen molar-refractivity contribution in [3.8, 4) is 0 Å². The van der Waals surface area contributed by atoms with Crippen LogP contribution in [0.1, 0.15) is 108 Å². The second-order valence-electron chi connectivity index (χ2n) is 10.1. The summed E-state index contributed by atoms with van der Waals surface area (Å²) < 4.78 is 2.65. The summed E-state index contributed by atoms with van der Waals surface area (Å²) in [5.41, 5.74) is 5.29. The second kappa shape index (κ2) is 9.13. The Morgan fingerprint density at radius 3 is 1.79 bits per heavy atom. The predicted octanol–water partition coefficient (Wildman–Crippen LogP) is 8.00. The lowest BCUT2D eigenvalue weighted by Crippen LogP contribution is -2.29. The van der Waals surface area contributed by atoms with Gasteiger partial charge in [0.25, 0.3) is 0 Å². The zero-order valence-electron chi connectivity index (χ0n) is 18.5. The van der Waals surface area contributed by atoms with E-state index >= 15 is 0 Å². The first-order valence-corrected chi connectivity index (χ1v) is 14.2. The van der Waals surface area contributed by atoms with Crippen molar-refractivity contribution in [1.82, 2.24) is 4.57 Å². The molecule has 1 aromatic heterocycles. The topological polar surface area (TPSA) is 4.93 Å². The standard InChI is InChI=1S/C27H40NP/c1-28-25-20-12-11-19-24(25)27(26(28)21-13-5-2-6-14-21)29(22-15-7-3-8-16-22)23-17-9-4-10-18-23/h11-12,19-23H,2-10,13-18H2,1H3. The van der Waals surface area contributed by atoms with Crippen LogP contribution >= 0.6 is 7.92 Å². The van der Waals surface area contributed by atoms with Gasteiger partial charge in [0, 0.05) is 28.9 Å². The molecule has 0 amide bonds. The molecule has 0 atom stereocenters. The number of aromatic nitrogens is 1. The van der Waals surface area contributed by atoms with Crippen LogP contribution in [0.3, 0.4) is 0 Å². The first kappa shape index (κ1) is 20.1. The van der Waals surface area contributed by atoms with E-state index < -0.39 is 0 Å². The lowest BCUT2D eigenvalue weighted by Gasteiger charge is -2.40. The molecule has 0 unspecified atom stereocenters. The van der Waals surface area contributed by atoms with E-state index in [9.17, 15) is 0 Å². The number of para-hydroxylation sites is 1. The van der Waals surface area contributed by atoms with Gasteiger partial charge in [-0.25, -0.2) is 0 Å². The molecule has 3 aliphatic carbocycles. The monoisotopic (exact) mass is 409 g/mol. The number of hydrogen-bond donors (Lipinski definition) is 0. The summed E-state index contributed by atoms with van der Waals surface area (Å²) in [6.07, 6.45) is 22.1. The molecule has 0 spiro atoms. The normalized spacial score (nSPS) is 23.2. The van der Waals surface area contributed by atoms with Crippen molar-refractivity contribution in [1.29, 1.82) is 0 Å². The predicted molar refractivity (Wildman–Crippen MR) is 129 cm³/mol. The van der Waals surface area contributed by atoms with Crippen molar-refractivity contribution in [3.63, 3.8) is 0 Å². The van der Waals surface area contributed by atoms with Crippen LogP contribution in [-0.4, -0.2) is 15.9 Å². The molecule has 158 valence electrons. The van der Waals surface area contributed by atoms with Crippen LogP contribution in [0.25, 0.3) is 10.9 Å². The Kier molecular flexibility index (Phi) is 6.33. The number of benzene rings is 1. The van der Waals surface area contributed by atoms with Crippen molar-refractivity contribution < 1.29 is 0 Å². The van der Waals surface area contributed by atoms with Crippen LogP contribution in [0.15, 0.2) is 24.3 Å². The van der Waals surface area contributed by atoms with E-state index in [4.69, 9.17) is 0 Å². The van der Waals surface area contributed by atoms with Gasteiger partial charge >= 0.3 is 0 Å². The highest BCUT2D eigenvalue weighted by molar-refractivity contribution is 7.67. The van der Waals surface area contributed by atoms with Gasteiger partial charge in [-0.05, 0) is 61.8 Å². The van der Waals surface area contributed by atoms with E-state index in [-0.39, 0.29) is 7.92 Å². The van der Waals surface area contributed by atoms with Gasteiger partial charge < -0.3 is 4.57 Å². The summed E-state index contributed by atoms with van der Waals surface area (Å²) in [6.45, 7) is 0. The molecule has 29 heavy (non-hydrogen) atoms. The quantitative estimate of drug-likeness (QED) is 0.451. The maximum Gasteiger partial charge on any atom is 0.0486 e. The molecule has 0 saturated heterocycles. The fourth-order valence-electron chi connectivity index (χ4n) is 6.89. The average molecular weight is 410 g/mol. The Hall–Kier alpha value is -0.810. The second-order valence-corrected chi connectivity index (χ2v) is 12.9. The zero-order valence-corrected chi connectivity index (χ0v) is 19.4. The van der Waals surface area contributed by atoms with Crippen LogP contribution in [-0.2, 0) is 7.05 Å². The van der Waals surface area contributed by atoms with Gasteiger partial charge in [-0.1, -0.05) is 83.9 Å². The molecule has 1 nitrogen and oxygen atoms in total. The number of nitrogens with zero attached hydrogens (tertiary/aromatic N) is 1. The van der Waals surface area contributed by atoms with Gasteiger partial charge in [0.1, 0.15) is 0 Å². The van der Waals surface area contributed by atoms with Gasteiger partial charge in [-0.2, -0.15) is 0 Å². The molecule has 0 radical (unpaired) electrons.